The largest absolute Gasteiger partial charge is 0.338 e. The minimum absolute atomic E-state index is 0.252. The van der Waals surface area contributed by atoms with E-state index in [-0.39, 0.29) is 5.91 Å². The zero-order chi connectivity index (χ0) is 17.5. The third-order valence-corrected chi connectivity index (χ3v) is 7.55. The maximum absolute atomic E-state index is 13.1. The molecule has 2 saturated heterocycles. The van der Waals surface area contributed by atoms with Crippen LogP contribution >= 0.6 is 11.3 Å². The lowest BCUT2D eigenvalue weighted by atomic mass is 9.91. The van der Waals surface area contributed by atoms with Gasteiger partial charge in [0.15, 0.2) is 0 Å². The zero-order valence-corrected chi connectivity index (χ0v) is 16.1. The Morgan fingerprint density at radius 1 is 0.962 bits per heavy atom. The number of nitrogens with zero attached hydrogens (tertiary/aromatic N) is 2. The molecule has 3 aliphatic rings. The molecule has 4 heteroatoms. The normalized spacial score (nSPS) is 20.8. The maximum atomic E-state index is 13.1. The first kappa shape index (κ1) is 16.5. The summed E-state index contributed by atoms with van der Waals surface area (Å²) in [5.74, 6) is 0.252. The molecule has 2 aliphatic heterocycles. The summed E-state index contributed by atoms with van der Waals surface area (Å²) in [4.78, 5) is 20.1. The average Bonchev–Trinajstić information content (AvgIpc) is 3.37. The first-order valence-corrected chi connectivity index (χ1v) is 10.9. The number of rotatable bonds is 2. The number of aryl methyl sites for hydroxylation is 2. The molecule has 0 atom stereocenters. The molecule has 136 valence electrons. The summed E-state index contributed by atoms with van der Waals surface area (Å²) in [6.45, 7) is 4.35. The SMILES string of the molecule is O=C(c1cc2c(s1)-c1ccccc1CC2)N1CCC(N2CCCC2)CC1. The van der Waals surface area contributed by atoms with Gasteiger partial charge in [-0.15, -0.1) is 11.3 Å². The summed E-state index contributed by atoms with van der Waals surface area (Å²) in [5.41, 5.74) is 4.13. The average molecular weight is 367 g/mol. The first-order chi connectivity index (χ1) is 12.8. The van der Waals surface area contributed by atoms with Crippen LogP contribution in [0, 0.1) is 0 Å². The number of piperidine rings is 1. The number of carbonyl (C=O) groups excluding carboxylic acids is 1. The summed E-state index contributed by atoms with van der Waals surface area (Å²) >= 11 is 1.70. The van der Waals surface area contributed by atoms with Crippen LogP contribution in [-0.2, 0) is 12.8 Å². The van der Waals surface area contributed by atoms with Crippen LogP contribution in [0.3, 0.4) is 0 Å². The van der Waals surface area contributed by atoms with Gasteiger partial charge >= 0.3 is 0 Å². The van der Waals surface area contributed by atoms with Gasteiger partial charge < -0.3 is 9.80 Å². The van der Waals surface area contributed by atoms with Crippen molar-refractivity contribution in [3.8, 4) is 10.4 Å². The second-order valence-corrected chi connectivity index (χ2v) is 8.94. The van der Waals surface area contributed by atoms with Gasteiger partial charge in [0.25, 0.3) is 5.91 Å². The van der Waals surface area contributed by atoms with Crippen LogP contribution in [-0.4, -0.2) is 47.9 Å². The molecule has 1 aromatic carbocycles. The molecule has 0 unspecified atom stereocenters. The van der Waals surface area contributed by atoms with E-state index in [2.05, 4.69) is 40.1 Å². The molecular weight excluding hydrogens is 340 g/mol. The molecule has 3 nitrogen and oxygen atoms in total. The van der Waals surface area contributed by atoms with Gasteiger partial charge in [0.05, 0.1) is 4.88 Å². The lowest BCUT2D eigenvalue weighted by molar-refractivity contribution is 0.0649. The van der Waals surface area contributed by atoms with Gasteiger partial charge in [0.1, 0.15) is 0 Å². The lowest BCUT2D eigenvalue weighted by Gasteiger charge is -2.36. The van der Waals surface area contributed by atoms with Gasteiger partial charge in [0.2, 0.25) is 0 Å². The van der Waals surface area contributed by atoms with Crippen molar-refractivity contribution in [3.63, 3.8) is 0 Å². The molecule has 2 aromatic rings. The standard InChI is InChI=1S/C22H26N2OS/c25-22(24-13-9-18(10-14-24)23-11-3-4-12-23)20-15-17-8-7-16-5-1-2-6-19(16)21(17)26-20/h1-2,5-6,15,18H,3-4,7-14H2. The van der Waals surface area contributed by atoms with E-state index in [1.807, 2.05) is 0 Å². The predicted molar refractivity (Wildman–Crippen MR) is 107 cm³/mol. The van der Waals surface area contributed by atoms with E-state index in [4.69, 9.17) is 0 Å². The Morgan fingerprint density at radius 3 is 2.50 bits per heavy atom. The third-order valence-electron chi connectivity index (χ3n) is 6.35. The molecule has 3 heterocycles. The zero-order valence-electron chi connectivity index (χ0n) is 15.2. The molecule has 26 heavy (non-hydrogen) atoms. The number of benzene rings is 1. The minimum Gasteiger partial charge on any atom is -0.338 e. The predicted octanol–water partition coefficient (Wildman–Crippen LogP) is 4.21. The van der Waals surface area contributed by atoms with E-state index in [1.165, 1.54) is 47.5 Å². The van der Waals surface area contributed by atoms with Crippen molar-refractivity contribution >= 4 is 17.2 Å². The number of hydrogen-bond acceptors (Lipinski definition) is 3. The van der Waals surface area contributed by atoms with Crippen LogP contribution < -0.4 is 0 Å². The van der Waals surface area contributed by atoms with Gasteiger partial charge in [-0.05, 0) is 74.4 Å². The Morgan fingerprint density at radius 2 is 1.69 bits per heavy atom. The summed E-state index contributed by atoms with van der Waals surface area (Å²) in [6.07, 6.45) is 7.13. The summed E-state index contributed by atoms with van der Waals surface area (Å²) in [5, 5.41) is 0. The van der Waals surface area contributed by atoms with Gasteiger partial charge in [0, 0.05) is 24.0 Å². The number of likely N-dealkylation sites (tertiary alicyclic amines) is 2. The van der Waals surface area contributed by atoms with E-state index >= 15 is 0 Å². The number of hydrogen-bond donors (Lipinski definition) is 0. The van der Waals surface area contributed by atoms with Crippen molar-refractivity contribution in [3.05, 3.63) is 46.3 Å². The highest BCUT2D eigenvalue weighted by atomic mass is 32.1. The number of amides is 1. The number of thiophene rings is 1. The monoisotopic (exact) mass is 366 g/mol. The highest BCUT2D eigenvalue weighted by Gasteiger charge is 2.30. The van der Waals surface area contributed by atoms with Gasteiger partial charge in [-0.1, -0.05) is 24.3 Å². The molecule has 0 spiro atoms. The van der Waals surface area contributed by atoms with E-state index in [1.54, 1.807) is 11.3 Å². The molecule has 2 fully saturated rings. The van der Waals surface area contributed by atoms with E-state index in [0.29, 0.717) is 6.04 Å². The topological polar surface area (TPSA) is 23.6 Å². The molecule has 1 aromatic heterocycles. The Kier molecular flexibility index (Phi) is 4.33. The second kappa shape index (κ2) is 6.82. The fourth-order valence-electron chi connectivity index (χ4n) is 4.87. The highest BCUT2D eigenvalue weighted by Crippen LogP contribution is 2.40. The molecular formula is C22H26N2OS. The molecule has 1 amide bonds. The van der Waals surface area contributed by atoms with Crippen LogP contribution in [0.15, 0.2) is 30.3 Å². The van der Waals surface area contributed by atoms with E-state index < -0.39 is 0 Å². The fraction of sp³-hybridized carbons (Fsp3) is 0.500. The van der Waals surface area contributed by atoms with Crippen molar-refractivity contribution < 1.29 is 4.79 Å². The quantitative estimate of drug-likeness (QED) is 0.795. The summed E-state index contributed by atoms with van der Waals surface area (Å²) < 4.78 is 0. The molecule has 0 N–H and O–H groups in total. The van der Waals surface area contributed by atoms with Gasteiger partial charge in [-0.25, -0.2) is 0 Å². The Balaban J connectivity index is 1.31. The van der Waals surface area contributed by atoms with Crippen LogP contribution in [0.5, 0.6) is 0 Å². The maximum Gasteiger partial charge on any atom is 0.263 e. The molecule has 0 radical (unpaired) electrons. The van der Waals surface area contributed by atoms with Crippen molar-refractivity contribution in [1.82, 2.24) is 9.80 Å². The minimum atomic E-state index is 0.252. The third kappa shape index (κ3) is 2.89. The Hall–Kier alpha value is -1.65. The molecule has 5 rings (SSSR count). The summed E-state index contributed by atoms with van der Waals surface area (Å²) in [7, 11) is 0. The van der Waals surface area contributed by atoms with Gasteiger partial charge in [-0.2, -0.15) is 0 Å². The number of carbonyl (C=O) groups is 1. The van der Waals surface area contributed by atoms with Crippen molar-refractivity contribution in [2.24, 2.45) is 0 Å². The highest BCUT2D eigenvalue weighted by molar-refractivity contribution is 7.17. The molecule has 0 bridgehead atoms. The van der Waals surface area contributed by atoms with Crippen molar-refractivity contribution in [2.75, 3.05) is 26.2 Å². The fourth-order valence-corrected chi connectivity index (χ4v) is 6.11. The Labute approximate surface area is 159 Å². The Bertz CT molecular complexity index is 813. The summed E-state index contributed by atoms with van der Waals surface area (Å²) in [6, 6.07) is 11.5. The van der Waals surface area contributed by atoms with Crippen LogP contribution in [0.1, 0.15) is 46.5 Å². The molecule has 1 aliphatic carbocycles. The van der Waals surface area contributed by atoms with Crippen molar-refractivity contribution in [2.45, 2.75) is 44.6 Å². The van der Waals surface area contributed by atoms with Crippen LogP contribution in [0.25, 0.3) is 10.4 Å². The second-order valence-electron chi connectivity index (χ2n) is 7.89. The van der Waals surface area contributed by atoms with Gasteiger partial charge in [-0.3, -0.25) is 4.79 Å². The lowest BCUT2D eigenvalue weighted by Crippen LogP contribution is -2.45. The van der Waals surface area contributed by atoms with E-state index in [9.17, 15) is 4.79 Å². The van der Waals surface area contributed by atoms with Crippen LogP contribution in [0.4, 0.5) is 0 Å². The smallest absolute Gasteiger partial charge is 0.263 e. The molecule has 0 saturated carbocycles. The number of fused-ring (bicyclic) bond motifs is 3. The van der Waals surface area contributed by atoms with Crippen LogP contribution in [0.2, 0.25) is 0 Å². The first-order valence-electron chi connectivity index (χ1n) is 10.0. The van der Waals surface area contributed by atoms with E-state index in [0.717, 1.165) is 43.6 Å². The van der Waals surface area contributed by atoms with Crippen molar-refractivity contribution in [1.29, 1.82) is 0 Å².